The van der Waals surface area contributed by atoms with Gasteiger partial charge in [0, 0.05) is 12.8 Å². The average Bonchev–Trinajstić information content (AvgIpc) is 2.01. The van der Waals surface area contributed by atoms with Crippen molar-refractivity contribution in [2.24, 2.45) is 5.92 Å². The van der Waals surface area contributed by atoms with E-state index in [1.807, 2.05) is 0 Å². The molecule has 0 aliphatic carbocycles. The van der Waals surface area contributed by atoms with Gasteiger partial charge >= 0.3 is 0 Å². The van der Waals surface area contributed by atoms with Crippen molar-refractivity contribution < 1.29 is 4.58 Å². The van der Waals surface area contributed by atoms with Crippen LogP contribution in [0.5, 0.6) is 0 Å². The second kappa shape index (κ2) is 9.11. The van der Waals surface area contributed by atoms with Crippen LogP contribution >= 0.6 is 13.5 Å². The maximum Gasteiger partial charge on any atom is 0.142 e. The highest BCUT2D eigenvalue weighted by Crippen LogP contribution is 2.02. The van der Waals surface area contributed by atoms with Crippen molar-refractivity contribution in [3.05, 3.63) is 0 Å². The predicted octanol–water partition coefficient (Wildman–Crippen LogP) is 2.66. The quantitative estimate of drug-likeness (QED) is 0.463. The van der Waals surface area contributed by atoms with E-state index in [9.17, 15) is 0 Å². The van der Waals surface area contributed by atoms with Crippen molar-refractivity contribution in [1.29, 1.82) is 0 Å². The summed E-state index contributed by atoms with van der Waals surface area (Å²) in [6.45, 7) is 7.96. The topological polar surface area (TPSA) is 3.01 Å². The summed E-state index contributed by atoms with van der Waals surface area (Å²) < 4.78 is 2.30. The van der Waals surface area contributed by atoms with E-state index >= 15 is 0 Å². The van der Waals surface area contributed by atoms with Crippen molar-refractivity contribution >= 4 is 19.7 Å². The number of hydrogen-bond donors (Lipinski definition) is 0. The summed E-state index contributed by atoms with van der Waals surface area (Å²) in [4.78, 5) is 0. The third-order valence-electron chi connectivity index (χ3n) is 2.09. The van der Waals surface area contributed by atoms with E-state index in [1.54, 1.807) is 0 Å². The van der Waals surface area contributed by atoms with E-state index in [2.05, 4.69) is 38.6 Å². The van der Waals surface area contributed by atoms with Gasteiger partial charge in [0.05, 0.1) is 0 Å². The maximum absolute atomic E-state index is 2.32. The molecule has 0 heterocycles. The Morgan fingerprint density at radius 1 is 1.33 bits per heavy atom. The van der Waals surface area contributed by atoms with E-state index in [-0.39, 0.29) is 13.5 Å². The molecular weight excluding hydrogens is 166 g/mol. The van der Waals surface area contributed by atoms with Crippen LogP contribution in [-0.2, 0) is 0 Å². The molecule has 1 unspecified atom stereocenters. The zero-order chi connectivity index (χ0) is 8.69. The summed E-state index contributed by atoms with van der Waals surface area (Å²) in [7, 11) is 2.16. The van der Waals surface area contributed by atoms with Gasteiger partial charge in [-0.2, -0.15) is 13.5 Å². The Bertz CT molecular complexity index is 121. The van der Waals surface area contributed by atoms with E-state index < -0.39 is 0 Å². The lowest BCUT2D eigenvalue weighted by molar-refractivity contribution is -0.493. The smallest absolute Gasteiger partial charge is 0.142 e. The van der Waals surface area contributed by atoms with Crippen molar-refractivity contribution in [3.63, 3.8) is 0 Å². The molecule has 0 aromatic rings. The lowest BCUT2D eigenvalue weighted by Gasteiger charge is -2.01. The fourth-order valence-electron chi connectivity index (χ4n) is 0.971. The molecule has 0 aromatic heterocycles. The van der Waals surface area contributed by atoms with Crippen molar-refractivity contribution in [3.8, 4) is 0 Å². The molecule has 0 aliphatic heterocycles. The van der Waals surface area contributed by atoms with Crippen LogP contribution < -0.4 is 0 Å². The molecule has 0 N–H and O–H groups in total. The standard InChI is InChI=1S/C10H22N.H2S/c1-5-8-11(4)9-7-10(3)6-2;/h9-10H,5-8H2,1-4H3;1H2/q+1;. The second-order valence-electron chi connectivity index (χ2n) is 3.41. The molecule has 0 aromatic carbocycles. The van der Waals surface area contributed by atoms with E-state index in [1.165, 1.54) is 25.8 Å². The Labute approximate surface area is 84.3 Å². The molecule has 0 saturated heterocycles. The summed E-state index contributed by atoms with van der Waals surface area (Å²) in [6.07, 6.45) is 6.08. The molecule has 0 saturated carbocycles. The van der Waals surface area contributed by atoms with Crippen LogP contribution in [-0.4, -0.2) is 24.4 Å². The molecule has 1 nitrogen and oxygen atoms in total. The number of hydrogen-bond acceptors (Lipinski definition) is 0. The zero-order valence-electron chi connectivity index (χ0n) is 8.93. The average molecular weight is 190 g/mol. The Morgan fingerprint density at radius 3 is 2.33 bits per heavy atom. The summed E-state index contributed by atoms with van der Waals surface area (Å²) in [6, 6.07) is 0. The number of rotatable bonds is 5. The van der Waals surface area contributed by atoms with E-state index in [0.29, 0.717) is 0 Å². The summed E-state index contributed by atoms with van der Waals surface area (Å²) in [5, 5.41) is 0. The SMILES string of the molecule is CCC[N+](C)=CCC(C)CC.S. The van der Waals surface area contributed by atoms with Gasteiger partial charge in [-0.1, -0.05) is 27.2 Å². The minimum atomic E-state index is 0. The van der Waals surface area contributed by atoms with Gasteiger partial charge in [0.2, 0.25) is 0 Å². The van der Waals surface area contributed by atoms with E-state index in [0.717, 1.165) is 5.92 Å². The molecule has 0 spiro atoms. The first-order valence-corrected chi connectivity index (χ1v) is 4.74. The molecule has 0 fully saturated rings. The van der Waals surface area contributed by atoms with E-state index in [4.69, 9.17) is 0 Å². The van der Waals surface area contributed by atoms with Gasteiger partial charge in [0.25, 0.3) is 0 Å². The van der Waals surface area contributed by atoms with Crippen LogP contribution in [0.4, 0.5) is 0 Å². The molecule has 0 bridgehead atoms. The van der Waals surface area contributed by atoms with Crippen LogP contribution in [0.2, 0.25) is 0 Å². The van der Waals surface area contributed by atoms with Crippen LogP contribution in [0.15, 0.2) is 0 Å². The lowest BCUT2D eigenvalue weighted by atomic mass is 10.1. The molecule has 0 rings (SSSR count). The first-order valence-electron chi connectivity index (χ1n) is 4.74. The highest BCUT2D eigenvalue weighted by atomic mass is 32.1. The molecule has 0 radical (unpaired) electrons. The van der Waals surface area contributed by atoms with Crippen LogP contribution in [0, 0.1) is 5.92 Å². The summed E-state index contributed by atoms with van der Waals surface area (Å²) in [5.74, 6) is 0.842. The van der Waals surface area contributed by atoms with Gasteiger partial charge < -0.3 is 0 Å². The minimum Gasteiger partial charge on any atom is -0.242 e. The Morgan fingerprint density at radius 2 is 1.92 bits per heavy atom. The highest BCUT2D eigenvalue weighted by Gasteiger charge is 1.99. The molecule has 2 heteroatoms. The van der Waals surface area contributed by atoms with Crippen molar-refractivity contribution in [2.45, 2.75) is 40.0 Å². The second-order valence-corrected chi connectivity index (χ2v) is 3.41. The Kier molecular flexibility index (Phi) is 11.0. The zero-order valence-corrected chi connectivity index (χ0v) is 9.93. The summed E-state index contributed by atoms with van der Waals surface area (Å²) in [5.41, 5.74) is 0. The van der Waals surface area contributed by atoms with Gasteiger partial charge in [-0.25, -0.2) is 4.58 Å². The molecular formula is C10H24NS+. The third-order valence-corrected chi connectivity index (χ3v) is 2.09. The third kappa shape index (κ3) is 8.12. The molecule has 12 heavy (non-hydrogen) atoms. The molecule has 0 aliphatic rings. The summed E-state index contributed by atoms with van der Waals surface area (Å²) >= 11 is 0. The van der Waals surface area contributed by atoms with Crippen molar-refractivity contribution in [1.82, 2.24) is 0 Å². The molecule has 0 amide bonds. The monoisotopic (exact) mass is 190 g/mol. The number of nitrogens with zero attached hydrogens (tertiary/aromatic N) is 1. The molecule has 74 valence electrons. The van der Waals surface area contributed by atoms with Gasteiger partial charge in [0.15, 0.2) is 0 Å². The Balaban J connectivity index is 0. The minimum absolute atomic E-state index is 0. The normalized spacial score (nSPS) is 13.8. The largest absolute Gasteiger partial charge is 0.242 e. The van der Waals surface area contributed by atoms with Crippen LogP contribution in [0.25, 0.3) is 0 Å². The molecule has 1 atom stereocenters. The van der Waals surface area contributed by atoms with Gasteiger partial charge in [0.1, 0.15) is 19.8 Å². The van der Waals surface area contributed by atoms with Gasteiger partial charge in [-0.05, 0) is 5.92 Å². The lowest BCUT2D eigenvalue weighted by Crippen LogP contribution is -2.09. The first-order chi connectivity index (χ1) is 5.20. The fourth-order valence-corrected chi connectivity index (χ4v) is 0.971. The van der Waals surface area contributed by atoms with Crippen LogP contribution in [0.3, 0.4) is 0 Å². The van der Waals surface area contributed by atoms with Gasteiger partial charge in [-0.3, -0.25) is 0 Å². The van der Waals surface area contributed by atoms with Crippen molar-refractivity contribution in [2.75, 3.05) is 13.6 Å². The highest BCUT2D eigenvalue weighted by molar-refractivity contribution is 7.59. The first kappa shape index (κ1) is 14.5. The van der Waals surface area contributed by atoms with Gasteiger partial charge in [-0.15, -0.1) is 0 Å². The van der Waals surface area contributed by atoms with Crippen LogP contribution in [0.1, 0.15) is 40.0 Å². The predicted molar refractivity (Wildman–Crippen MR) is 61.9 cm³/mol. The maximum atomic E-state index is 2.32. The Hall–Kier alpha value is 0.0200. The fraction of sp³-hybridized carbons (Fsp3) is 0.900.